The van der Waals surface area contributed by atoms with Crippen molar-refractivity contribution in [1.29, 1.82) is 0 Å². The Morgan fingerprint density at radius 3 is 2.50 bits per heavy atom. The van der Waals surface area contributed by atoms with Crippen LogP contribution < -0.4 is 20.5 Å². The van der Waals surface area contributed by atoms with Crippen molar-refractivity contribution >= 4 is 45.2 Å². The van der Waals surface area contributed by atoms with Gasteiger partial charge in [0.25, 0.3) is 0 Å². The number of pyridine rings is 1. The fraction of sp³-hybridized carbons (Fsp3) is 0.667. The molecule has 0 radical (unpaired) electrons. The van der Waals surface area contributed by atoms with Crippen molar-refractivity contribution < 1.29 is 37.1 Å². The molecule has 6 rings (SSSR count). The third kappa shape index (κ3) is 10.8. The van der Waals surface area contributed by atoms with Crippen molar-refractivity contribution in [3.8, 4) is 16.6 Å². The molecule has 4 amide bonds. The summed E-state index contributed by atoms with van der Waals surface area (Å²) in [6.07, 6.45) is 11.7. The summed E-state index contributed by atoms with van der Waals surface area (Å²) in [6.45, 7) is 11.2. The lowest BCUT2D eigenvalue weighted by Gasteiger charge is -2.28. The van der Waals surface area contributed by atoms with Crippen LogP contribution in [0.15, 0.2) is 23.6 Å². The number of aryl methyl sites for hydroxylation is 1. The maximum absolute atomic E-state index is 14.3. The first-order chi connectivity index (χ1) is 27.3. The van der Waals surface area contributed by atoms with E-state index < -0.39 is 62.4 Å². The lowest BCUT2D eigenvalue weighted by atomic mass is 9.92. The smallest absolute Gasteiger partial charge is 0.408 e. The highest BCUT2D eigenvalue weighted by atomic mass is 32.2. The number of hydrogen-bond acceptors (Lipinski definition) is 11. The van der Waals surface area contributed by atoms with E-state index in [9.17, 15) is 27.6 Å². The second kappa shape index (κ2) is 17.7. The SMILES string of the molecule is CC(C)c1csc(-c2cc3c(c(OC4CC(C(N)=O)N(C(=O)C(CCCCCC=CC5CC5C(=O)NS(=O)(=O)C5(C)CC5)NC(=O)OC(C)(C)C)C4)n2)CCCC3)n1. The molecule has 58 heavy (non-hydrogen) atoms. The van der Waals surface area contributed by atoms with Crippen molar-refractivity contribution in [2.24, 2.45) is 17.6 Å². The molecule has 1 aliphatic heterocycles. The summed E-state index contributed by atoms with van der Waals surface area (Å²) < 4.78 is 38.4. The molecule has 1 saturated heterocycles. The number of carbonyl (C=O) groups is 4. The highest BCUT2D eigenvalue weighted by Gasteiger charge is 2.52. The molecule has 5 atom stereocenters. The molecule has 2 aromatic heterocycles. The van der Waals surface area contributed by atoms with Gasteiger partial charge in [0, 0.05) is 23.3 Å². The van der Waals surface area contributed by atoms with Crippen LogP contribution in [0.2, 0.25) is 0 Å². The number of carbonyl (C=O) groups excluding carboxylic acids is 4. The highest BCUT2D eigenvalue weighted by Crippen LogP contribution is 2.44. The third-order valence-corrected chi connectivity index (χ3v) is 14.6. The van der Waals surface area contributed by atoms with E-state index in [4.69, 9.17) is 25.2 Å². The van der Waals surface area contributed by atoms with Gasteiger partial charge in [0.15, 0.2) is 0 Å². The van der Waals surface area contributed by atoms with Crippen LogP contribution in [0.3, 0.4) is 0 Å². The van der Waals surface area contributed by atoms with Gasteiger partial charge in [-0.25, -0.2) is 23.2 Å². The molecule has 3 aliphatic carbocycles. The third-order valence-electron chi connectivity index (χ3n) is 11.5. The van der Waals surface area contributed by atoms with Crippen molar-refractivity contribution in [2.45, 2.75) is 159 Å². The predicted molar refractivity (Wildman–Crippen MR) is 221 cm³/mol. The van der Waals surface area contributed by atoms with E-state index in [0.717, 1.165) is 66.9 Å². The molecule has 3 heterocycles. The van der Waals surface area contributed by atoms with Gasteiger partial charge in [0.1, 0.15) is 34.5 Å². The lowest BCUT2D eigenvalue weighted by molar-refractivity contribution is -0.139. The van der Waals surface area contributed by atoms with Crippen molar-refractivity contribution in [1.82, 2.24) is 24.9 Å². The Hall–Kier alpha value is -4.05. The van der Waals surface area contributed by atoms with E-state index in [-0.39, 0.29) is 30.7 Å². The fourth-order valence-corrected chi connectivity index (χ4v) is 9.85. The van der Waals surface area contributed by atoms with Crippen LogP contribution in [0.25, 0.3) is 10.7 Å². The number of allylic oxidation sites excluding steroid dienone is 2. The minimum atomic E-state index is -3.64. The number of rotatable bonds is 17. The minimum Gasteiger partial charge on any atom is -0.472 e. The number of nitrogens with one attached hydrogen (secondary N) is 2. The summed E-state index contributed by atoms with van der Waals surface area (Å²) in [5.74, 6) is -1.01. The molecule has 5 unspecified atom stereocenters. The Kier molecular flexibility index (Phi) is 13.3. The number of unbranched alkanes of at least 4 members (excludes halogenated alkanes) is 3. The number of fused-ring (bicyclic) bond motifs is 1. The van der Waals surface area contributed by atoms with Gasteiger partial charge in [-0.05, 0) is 115 Å². The molecule has 4 N–H and O–H groups in total. The zero-order valence-corrected chi connectivity index (χ0v) is 36.3. The summed E-state index contributed by atoms with van der Waals surface area (Å²) in [5, 5.41) is 5.64. The zero-order chi connectivity index (χ0) is 42.0. The maximum Gasteiger partial charge on any atom is 0.408 e. The minimum absolute atomic E-state index is 0.0229. The van der Waals surface area contributed by atoms with Crippen molar-refractivity contribution in [3.63, 3.8) is 0 Å². The number of aromatic nitrogens is 2. The van der Waals surface area contributed by atoms with Gasteiger partial charge in [-0.3, -0.25) is 19.1 Å². The van der Waals surface area contributed by atoms with Crippen LogP contribution in [0, 0.1) is 11.8 Å². The first-order valence-corrected chi connectivity index (χ1v) is 23.2. The van der Waals surface area contributed by atoms with Crippen LogP contribution in [0.4, 0.5) is 4.79 Å². The van der Waals surface area contributed by atoms with Gasteiger partial charge < -0.3 is 25.4 Å². The van der Waals surface area contributed by atoms with E-state index in [1.807, 2.05) is 12.2 Å². The van der Waals surface area contributed by atoms with E-state index in [1.165, 1.54) is 10.5 Å². The molecular weight excluding hydrogens is 781 g/mol. The topological polar surface area (TPSA) is 200 Å². The number of alkyl carbamates (subject to hydrolysis) is 1. The fourth-order valence-electron chi connectivity index (χ4n) is 7.61. The Morgan fingerprint density at radius 2 is 1.83 bits per heavy atom. The Balaban J connectivity index is 1.07. The second-order valence-electron chi connectivity index (χ2n) is 18.0. The molecule has 14 nitrogen and oxygen atoms in total. The summed E-state index contributed by atoms with van der Waals surface area (Å²) >= 11 is 1.55. The summed E-state index contributed by atoms with van der Waals surface area (Å²) in [6, 6.07) is 0.225. The summed E-state index contributed by atoms with van der Waals surface area (Å²) in [7, 11) is -3.64. The standard InChI is InChI=1S/C42H60N6O8S2/c1-25(2)33-24-57-38(45-33)32-21-27-15-12-13-16-29(27)37(44-32)55-28-22-34(35(43)49)48(23-28)39(51)31(46-40(52)56-41(3,4)5)17-11-9-7-8-10-14-26-20-30(26)36(50)47-58(53,54)42(6)18-19-42/h10,14,21,24-26,28,30-31,34H,7-9,11-13,15-20,22-23H2,1-6H3,(H2,43,49)(H,46,52)(H,47,50). The molecule has 0 aromatic carbocycles. The zero-order valence-electron chi connectivity index (χ0n) is 34.7. The average Bonchev–Trinajstić information content (AvgIpc) is 3.98. The van der Waals surface area contributed by atoms with Crippen LogP contribution in [0.1, 0.15) is 135 Å². The summed E-state index contributed by atoms with van der Waals surface area (Å²) in [5.41, 5.74) is 9.09. The van der Waals surface area contributed by atoms with E-state index in [0.29, 0.717) is 38.0 Å². The molecular formula is C42H60N6O8S2. The number of hydrogen-bond donors (Lipinski definition) is 3. The number of likely N-dealkylation sites (tertiary alicyclic amines) is 1. The number of ether oxygens (including phenoxy) is 2. The molecule has 3 fully saturated rings. The van der Waals surface area contributed by atoms with Gasteiger partial charge in [0.2, 0.25) is 33.6 Å². The van der Waals surface area contributed by atoms with Crippen LogP contribution in [-0.2, 0) is 42.0 Å². The number of thiazole rings is 1. The first kappa shape index (κ1) is 43.5. The Bertz CT molecular complexity index is 2000. The average molecular weight is 841 g/mol. The molecule has 2 saturated carbocycles. The van der Waals surface area contributed by atoms with Crippen molar-refractivity contribution in [2.75, 3.05) is 6.54 Å². The maximum atomic E-state index is 14.3. The van der Waals surface area contributed by atoms with E-state index >= 15 is 0 Å². The van der Waals surface area contributed by atoms with Gasteiger partial charge in [-0.15, -0.1) is 11.3 Å². The first-order valence-electron chi connectivity index (χ1n) is 20.8. The number of sulfonamides is 1. The molecule has 4 aliphatic rings. The highest BCUT2D eigenvalue weighted by molar-refractivity contribution is 7.91. The second-order valence-corrected chi connectivity index (χ2v) is 21.0. The molecule has 16 heteroatoms. The lowest BCUT2D eigenvalue weighted by Crippen LogP contribution is -2.53. The van der Waals surface area contributed by atoms with Crippen LogP contribution in [0.5, 0.6) is 5.88 Å². The predicted octanol–water partition coefficient (Wildman–Crippen LogP) is 6.08. The number of nitrogens with two attached hydrogens (primary N) is 1. The van der Waals surface area contributed by atoms with Crippen molar-refractivity contribution in [3.05, 3.63) is 40.4 Å². The molecule has 0 spiro atoms. The number of amides is 4. The van der Waals surface area contributed by atoms with Crippen LogP contribution >= 0.6 is 11.3 Å². The van der Waals surface area contributed by atoms with E-state index in [1.54, 1.807) is 39.0 Å². The Labute approximate surface area is 346 Å². The van der Waals surface area contributed by atoms with E-state index in [2.05, 4.69) is 35.3 Å². The Morgan fingerprint density at radius 1 is 1.09 bits per heavy atom. The number of primary amides is 1. The number of nitrogens with zero attached hydrogens (tertiary/aromatic N) is 3. The largest absolute Gasteiger partial charge is 0.472 e. The molecule has 2 aromatic rings. The quantitative estimate of drug-likeness (QED) is 0.124. The molecule has 0 bridgehead atoms. The van der Waals surface area contributed by atoms with Crippen LogP contribution in [-0.4, -0.2) is 82.2 Å². The monoisotopic (exact) mass is 840 g/mol. The van der Waals surface area contributed by atoms with Gasteiger partial charge in [-0.2, -0.15) is 0 Å². The molecule has 318 valence electrons. The van der Waals surface area contributed by atoms with Gasteiger partial charge >= 0.3 is 6.09 Å². The van der Waals surface area contributed by atoms with Gasteiger partial charge in [0.05, 0.1) is 17.0 Å². The summed E-state index contributed by atoms with van der Waals surface area (Å²) in [4.78, 5) is 63.8. The normalized spacial score (nSPS) is 23.0. The van der Waals surface area contributed by atoms with Gasteiger partial charge in [-0.1, -0.05) is 38.8 Å².